The van der Waals surface area contributed by atoms with Crippen molar-refractivity contribution in [2.45, 2.75) is 145 Å². The van der Waals surface area contributed by atoms with Crippen LogP contribution in [0, 0.1) is 51.4 Å². The molecule has 1 heterocycles. The second-order valence-electron chi connectivity index (χ2n) is 21.9. The number of aromatic nitrogens is 2. The van der Waals surface area contributed by atoms with Gasteiger partial charge in [0.1, 0.15) is 32.8 Å². The van der Waals surface area contributed by atoms with Gasteiger partial charge in [0.2, 0.25) is 0 Å². The fraction of sp³-hybridized carbons (Fsp3) is 0.485. The van der Waals surface area contributed by atoms with Crippen LogP contribution in [0.4, 0.5) is 4.79 Å². The van der Waals surface area contributed by atoms with Crippen molar-refractivity contribution in [1.82, 2.24) is 14.5 Å². The molecule has 5 aromatic rings. The topological polar surface area (TPSA) is 196 Å². The standard InChI is InChI=1S/C66H85N3O13/c1-46-13-25-54(26-14-46)33-21-50(5)62(72)77-41-58(42-78-63(73)51(6)22-34-55-27-15-47(2)16-28-55)81-60(70)11-9-38-68(66(76)69-40-37-67-45-69)39-10-12-61(71)82-59(43-79-64(74)52(7)23-35-56-29-17-48(3)18-30-56)44-80-65(75)53(8)24-36-57-31-19-49(4)20-32-57/h13-20,25-32,37,40,45,50-53,58-59H,9-12,21-24,33-36,38-39,41-44H2,1-8H3. The largest absolute Gasteiger partial charge is 0.461 e. The number of hydrogen-bond acceptors (Lipinski definition) is 14. The van der Waals surface area contributed by atoms with Crippen LogP contribution in [0.15, 0.2) is 116 Å². The zero-order valence-corrected chi connectivity index (χ0v) is 49.3. The Morgan fingerprint density at radius 3 is 0.976 bits per heavy atom. The van der Waals surface area contributed by atoms with E-state index in [9.17, 15) is 33.6 Å². The van der Waals surface area contributed by atoms with Crippen molar-refractivity contribution >= 4 is 41.8 Å². The van der Waals surface area contributed by atoms with Crippen LogP contribution in [0.3, 0.4) is 0 Å². The second kappa shape index (κ2) is 34.6. The van der Waals surface area contributed by atoms with E-state index in [1.54, 1.807) is 27.7 Å². The number of aryl methyl sites for hydroxylation is 8. The molecule has 0 saturated heterocycles. The molecule has 0 bridgehead atoms. The third-order valence-electron chi connectivity index (χ3n) is 14.4. The molecule has 1 aromatic heterocycles. The molecule has 16 heteroatoms. The van der Waals surface area contributed by atoms with Gasteiger partial charge < -0.3 is 33.3 Å². The van der Waals surface area contributed by atoms with E-state index >= 15 is 0 Å². The Hall–Kier alpha value is -7.62. The number of amides is 1. The lowest BCUT2D eigenvalue weighted by Gasteiger charge is -2.23. The van der Waals surface area contributed by atoms with E-state index in [-0.39, 0.29) is 65.2 Å². The summed E-state index contributed by atoms with van der Waals surface area (Å²) in [6.45, 7) is 13.9. The first-order valence-corrected chi connectivity index (χ1v) is 28.9. The summed E-state index contributed by atoms with van der Waals surface area (Å²) >= 11 is 0. The number of nitrogens with zero attached hydrogens (tertiary/aromatic N) is 3. The minimum absolute atomic E-state index is 0.0749. The van der Waals surface area contributed by atoms with Gasteiger partial charge in [0.15, 0.2) is 12.2 Å². The molecule has 0 saturated carbocycles. The summed E-state index contributed by atoms with van der Waals surface area (Å²) in [6.07, 6.45) is 6.90. The number of esters is 6. The fourth-order valence-corrected chi connectivity index (χ4v) is 8.68. The fourth-order valence-electron chi connectivity index (χ4n) is 8.68. The van der Waals surface area contributed by atoms with E-state index < -0.39 is 77.7 Å². The molecule has 0 fully saturated rings. The SMILES string of the molecule is Cc1ccc(CCC(C)C(=O)OCC(COC(=O)C(C)CCc2ccc(C)cc2)OC(=O)CCCN(CCCC(=O)OC(COC(=O)C(C)CCc2ccc(C)cc2)COC(=O)C(C)CCc2ccc(C)cc2)C(=O)n2ccnc2)cc1. The van der Waals surface area contributed by atoms with E-state index in [0.29, 0.717) is 51.4 Å². The van der Waals surface area contributed by atoms with Crippen molar-refractivity contribution < 1.29 is 62.0 Å². The number of carbonyl (C=O) groups is 7. The first-order chi connectivity index (χ1) is 39.3. The zero-order chi connectivity index (χ0) is 59.4. The summed E-state index contributed by atoms with van der Waals surface area (Å²) in [6, 6.07) is 31.9. The number of imidazole rings is 1. The second-order valence-corrected chi connectivity index (χ2v) is 21.9. The van der Waals surface area contributed by atoms with Crippen LogP contribution in [-0.2, 0) is 82.9 Å². The van der Waals surface area contributed by atoms with E-state index in [2.05, 4.69) is 4.98 Å². The molecule has 5 rings (SSSR count). The molecule has 82 heavy (non-hydrogen) atoms. The molecule has 0 aliphatic carbocycles. The number of carbonyl (C=O) groups excluding carboxylic acids is 7. The molecule has 1 amide bonds. The summed E-state index contributed by atoms with van der Waals surface area (Å²) in [5.41, 5.74) is 8.93. The van der Waals surface area contributed by atoms with Crippen LogP contribution in [0.2, 0.25) is 0 Å². The quantitative estimate of drug-likeness (QED) is 0.0279. The summed E-state index contributed by atoms with van der Waals surface area (Å²) < 4.78 is 35.5. The van der Waals surface area contributed by atoms with Crippen molar-refractivity contribution in [2.75, 3.05) is 39.5 Å². The predicted octanol–water partition coefficient (Wildman–Crippen LogP) is 11.0. The molecular weight excluding hydrogens is 1040 g/mol. The number of ether oxygens (including phenoxy) is 6. The average molecular weight is 1130 g/mol. The van der Waals surface area contributed by atoms with Gasteiger partial charge >= 0.3 is 41.8 Å². The molecule has 442 valence electrons. The van der Waals surface area contributed by atoms with Crippen molar-refractivity contribution in [3.63, 3.8) is 0 Å². The normalized spacial score (nSPS) is 13.3. The molecule has 4 aromatic carbocycles. The molecule has 16 nitrogen and oxygen atoms in total. The molecule has 0 N–H and O–H groups in total. The lowest BCUT2D eigenvalue weighted by molar-refractivity contribution is -0.169. The highest BCUT2D eigenvalue weighted by atomic mass is 16.6. The van der Waals surface area contributed by atoms with Crippen LogP contribution in [-0.4, -0.2) is 108 Å². The highest BCUT2D eigenvalue weighted by Gasteiger charge is 2.27. The van der Waals surface area contributed by atoms with Gasteiger partial charge in [0.05, 0.1) is 23.7 Å². The summed E-state index contributed by atoms with van der Waals surface area (Å²) in [5, 5.41) is 0. The van der Waals surface area contributed by atoms with Crippen LogP contribution in [0.1, 0.15) is 124 Å². The molecule has 4 unspecified atom stereocenters. The zero-order valence-electron chi connectivity index (χ0n) is 49.3. The summed E-state index contributed by atoms with van der Waals surface area (Å²) in [7, 11) is 0. The Kier molecular flexibility index (Phi) is 27.5. The van der Waals surface area contributed by atoms with Crippen molar-refractivity contribution in [3.8, 4) is 0 Å². The third-order valence-corrected chi connectivity index (χ3v) is 14.4. The maximum Gasteiger partial charge on any atom is 0.329 e. The van der Waals surface area contributed by atoms with E-state index in [1.807, 2.05) is 125 Å². The lowest BCUT2D eigenvalue weighted by Crippen LogP contribution is -2.37. The van der Waals surface area contributed by atoms with Gasteiger partial charge in [-0.25, -0.2) is 9.78 Å². The average Bonchev–Trinajstić information content (AvgIpc) is 4.04. The molecule has 0 spiro atoms. The van der Waals surface area contributed by atoms with E-state index in [0.717, 1.165) is 44.5 Å². The predicted molar refractivity (Wildman–Crippen MR) is 311 cm³/mol. The minimum atomic E-state index is -1.10. The molecule has 0 radical (unpaired) electrons. The van der Waals surface area contributed by atoms with Crippen molar-refractivity contribution in [3.05, 3.63) is 160 Å². The van der Waals surface area contributed by atoms with E-state index in [4.69, 9.17) is 28.4 Å². The smallest absolute Gasteiger partial charge is 0.329 e. The van der Waals surface area contributed by atoms with Gasteiger partial charge in [0, 0.05) is 38.3 Å². The molecule has 0 aliphatic rings. The number of benzene rings is 4. The third kappa shape index (κ3) is 24.2. The Balaban J connectivity index is 1.15. The Bertz CT molecular complexity index is 2450. The summed E-state index contributed by atoms with van der Waals surface area (Å²) in [5.74, 6) is -5.06. The maximum atomic E-state index is 13.7. The number of hydrogen-bond donors (Lipinski definition) is 0. The van der Waals surface area contributed by atoms with Crippen molar-refractivity contribution in [2.24, 2.45) is 23.7 Å². The minimum Gasteiger partial charge on any atom is -0.461 e. The van der Waals surface area contributed by atoms with Gasteiger partial charge in [-0.3, -0.25) is 33.3 Å². The van der Waals surface area contributed by atoms with Gasteiger partial charge in [-0.2, -0.15) is 0 Å². The van der Waals surface area contributed by atoms with Crippen LogP contribution in [0.25, 0.3) is 0 Å². The van der Waals surface area contributed by atoms with Crippen LogP contribution >= 0.6 is 0 Å². The maximum absolute atomic E-state index is 13.7. The molecule has 4 atom stereocenters. The highest BCUT2D eigenvalue weighted by Crippen LogP contribution is 2.19. The first kappa shape index (κ1) is 65.2. The molecule has 0 aliphatic heterocycles. The Labute approximate surface area is 484 Å². The highest BCUT2D eigenvalue weighted by molar-refractivity contribution is 5.77. The lowest BCUT2D eigenvalue weighted by atomic mass is 10.0. The van der Waals surface area contributed by atoms with E-state index in [1.165, 1.54) is 28.2 Å². The van der Waals surface area contributed by atoms with Gasteiger partial charge in [-0.1, -0.05) is 147 Å². The van der Waals surface area contributed by atoms with Gasteiger partial charge in [-0.05, 0) is 114 Å². The molecular formula is C66H85N3O13. The first-order valence-electron chi connectivity index (χ1n) is 28.9. The summed E-state index contributed by atoms with van der Waals surface area (Å²) in [4.78, 5) is 98.9. The van der Waals surface area contributed by atoms with Gasteiger partial charge in [-0.15, -0.1) is 0 Å². The van der Waals surface area contributed by atoms with Gasteiger partial charge in [0.25, 0.3) is 0 Å². The van der Waals surface area contributed by atoms with Crippen LogP contribution < -0.4 is 0 Å². The Morgan fingerprint density at radius 1 is 0.439 bits per heavy atom. The Morgan fingerprint density at radius 2 is 0.720 bits per heavy atom. The number of rotatable bonds is 34. The monoisotopic (exact) mass is 1130 g/mol. The van der Waals surface area contributed by atoms with Crippen LogP contribution in [0.5, 0.6) is 0 Å². The van der Waals surface area contributed by atoms with Crippen molar-refractivity contribution in [1.29, 1.82) is 0 Å².